The molecule has 3 nitrogen and oxygen atoms in total. The molecule has 2 aromatic rings. The van der Waals surface area contributed by atoms with Gasteiger partial charge >= 0.3 is 5.97 Å². The third-order valence-corrected chi connectivity index (χ3v) is 5.40. The largest absolute Gasteiger partial charge is 0.465 e. The zero-order valence-electron chi connectivity index (χ0n) is 15.2. The Balaban J connectivity index is 1.53. The fraction of sp³-hybridized carbons (Fsp3) is 0.409. The molecule has 0 aromatic heterocycles. The second kappa shape index (κ2) is 8.30. The zero-order chi connectivity index (χ0) is 17.6. The van der Waals surface area contributed by atoms with Crippen LogP contribution < -0.4 is 0 Å². The standard InChI is InChI=1S/C22H27NO2/c1-23(16-17-6-4-3-5-7-17)21-14-12-19(13-15-21)18-8-10-20(11-9-18)22(24)25-2/h3-11,19,21H,12-16H2,1-2H3. The molecular formula is C22H27NO2. The molecule has 1 aliphatic rings. The van der Waals surface area contributed by atoms with E-state index in [1.807, 2.05) is 12.1 Å². The Morgan fingerprint density at radius 2 is 1.64 bits per heavy atom. The fourth-order valence-electron chi connectivity index (χ4n) is 3.86. The van der Waals surface area contributed by atoms with Gasteiger partial charge in [0.1, 0.15) is 0 Å². The molecule has 0 amide bonds. The van der Waals surface area contributed by atoms with Crippen molar-refractivity contribution < 1.29 is 9.53 Å². The molecule has 0 atom stereocenters. The Morgan fingerprint density at radius 3 is 2.24 bits per heavy atom. The zero-order valence-corrected chi connectivity index (χ0v) is 15.2. The monoisotopic (exact) mass is 337 g/mol. The van der Waals surface area contributed by atoms with Gasteiger partial charge in [-0.3, -0.25) is 4.90 Å². The summed E-state index contributed by atoms with van der Waals surface area (Å²) in [6.07, 6.45) is 4.88. The van der Waals surface area contributed by atoms with E-state index in [0.717, 1.165) is 6.54 Å². The quantitative estimate of drug-likeness (QED) is 0.745. The molecule has 3 heteroatoms. The highest BCUT2D eigenvalue weighted by atomic mass is 16.5. The minimum Gasteiger partial charge on any atom is -0.465 e. The van der Waals surface area contributed by atoms with E-state index in [9.17, 15) is 4.79 Å². The van der Waals surface area contributed by atoms with Crippen molar-refractivity contribution in [2.45, 2.75) is 44.2 Å². The smallest absolute Gasteiger partial charge is 0.337 e. The van der Waals surface area contributed by atoms with Crippen molar-refractivity contribution >= 4 is 5.97 Å². The second-order valence-corrected chi connectivity index (χ2v) is 7.02. The lowest BCUT2D eigenvalue weighted by Crippen LogP contribution is -2.34. The molecule has 25 heavy (non-hydrogen) atoms. The fourth-order valence-corrected chi connectivity index (χ4v) is 3.86. The van der Waals surface area contributed by atoms with Crippen molar-refractivity contribution in [2.24, 2.45) is 0 Å². The van der Waals surface area contributed by atoms with E-state index in [0.29, 0.717) is 17.5 Å². The van der Waals surface area contributed by atoms with Crippen LogP contribution in [-0.4, -0.2) is 31.1 Å². The predicted molar refractivity (Wildman–Crippen MR) is 101 cm³/mol. The maximum absolute atomic E-state index is 11.5. The summed E-state index contributed by atoms with van der Waals surface area (Å²) in [5, 5.41) is 0. The first-order chi connectivity index (χ1) is 12.2. The average Bonchev–Trinajstić information content (AvgIpc) is 2.68. The van der Waals surface area contributed by atoms with Crippen LogP contribution >= 0.6 is 0 Å². The molecule has 1 saturated carbocycles. The number of benzene rings is 2. The van der Waals surface area contributed by atoms with Gasteiger partial charge in [0.15, 0.2) is 0 Å². The molecule has 1 aliphatic carbocycles. The molecule has 0 N–H and O–H groups in total. The van der Waals surface area contributed by atoms with Crippen molar-refractivity contribution in [3.05, 3.63) is 71.3 Å². The summed E-state index contributed by atoms with van der Waals surface area (Å²) in [4.78, 5) is 14.0. The minimum absolute atomic E-state index is 0.266. The second-order valence-electron chi connectivity index (χ2n) is 7.02. The molecule has 0 unspecified atom stereocenters. The highest BCUT2D eigenvalue weighted by Crippen LogP contribution is 2.35. The maximum atomic E-state index is 11.5. The predicted octanol–water partition coefficient (Wildman–Crippen LogP) is 4.63. The highest BCUT2D eigenvalue weighted by Gasteiger charge is 2.25. The van der Waals surface area contributed by atoms with E-state index in [1.54, 1.807) is 0 Å². The van der Waals surface area contributed by atoms with Gasteiger partial charge in [0, 0.05) is 12.6 Å². The van der Waals surface area contributed by atoms with E-state index < -0.39 is 0 Å². The summed E-state index contributed by atoms with van der Waals surface area (Å²) in [5.41, 5.74) is 3.35. The van der Waals surface area contributed by atoms with Gasteiger partial charge in [0.2, 0.25) is 0 Å². The van der Waals surface area contributed by atoms with Crippen LogP contribution in [0, 0.1) is 0 Å². The number of methoxy groups -OCH3 is 1. The van der Waals surface area contributed by atoms with Gasteiger partial charge in [-0.2, -0.15) is 0 Å². The third kappa shape index (κ3) is 4.49. The molecule has 0 bridgehead atoms. The van der Waals surface area contributed by atoms with E-state index in [4.69, 9.17) is 4.74 Å². The molecule has 0 radical (unpaired) electrons. The van der Waals surface area contributed by atoms with Crippen molar-refractivity contribution in [2.75, 3.05) is 14.2 Å². The lowest BCUT2D eigenvalue weighted by molar-refractivity contribution is 0.0600. The number of hydrogen-bond acceptors (Lipinski definition) is 3. The average molecular weight is 337 g/mol. The molecule has 0 saturated heterocycles. The van der Waals surface area contributed by atoms with Crippen LogP contribution in [0.5, 0.6) is 0 Å². The summed E-state index contributed by atoms with van der Waals surface area (Å²) in [6.45, 7) is 1.02. The van der Waals surface area contributed by atoms with Crippen molar-refractivity contribution in [1.82, 2.24) is 4.90 Å². The number of esters is 1. The molecular weight excluding hydrogens is 310 g/mol. The topological polar surface area (TPSA) is 29.5 Å². The van der Waals surface area contributed by atoms with Crippen molar-refractivity contribution in [1.29, 1.82) is 0 Å². The summed E-state index contributed by atoms with van der Waals surface area (Å²) in [5.74, 6) is 0.339. The number of ether oxygens (including phenoxy) is 1. The van der Waals surface area contributed by atoms with Crippen LogP contribution in [0.15, 0.2) is 54.6 Å². The maximum Gasteiger partial charge on any atom is 0.337 e. The van der Waals surface area contributed by atoms with E-state index in [-0.39, 0.29) is 5.97 Å². The third-order valence-electron chi connectivity index (χ3n) is 5.40. The van der Waals surface area contributed by atoms with E-state index in [2.05, 4.69) is 54.4 Å². The number of carbonyl (C=O) groups excluding carboxylic acids is 1. The Morgan fingerprint density at radius 1 is 1.00 bits per heavy atom. The van der Waals surface area contributed by atoms with Gasteiger partial charge in [-0.25, -0.2) is 4.79 Å². The molecule has 0 spiro atoms. The van der Waals surface area contributed by atoms with Gasteiger partial charge in [-0.1, -0.05) is 42.5 Å². The van der Waals surface area contributed by atoms with Crippen LogP contribution in [-0.2, 0) is 11.3 Å². The van der Waals surface area contributed by atoms with Crippen LogP contribution in [0.25, 0.3) is 0 Å². The first-order valence-corrected chi connectivity index (χ1v) is 9.10. The van der Waals surface area contributed by atoms with Crippen LogP contribution in [0.1, 0.15) is 53.1 Å². The van der Waals surface area contributed by atoms with Crippen molar-refractivity contribution in [3.8, 4) is 0 Å². The van der Waals surface area contributed by atoms with Crippen molar-refractivity contribution in [3.63, 3.8) is 0 Å². The summed E-state index contributed by atoms with van der Waals surface area (Å²) in [7, 11) is 3.66. The van der Waals surface area contributed by atoms with E-state index >= 15 is 0 Å². The first kappa shape index (κ1) is 17.7. The summed E-state index contributed by atoms with van der Waals surface area (Å²) >= 11 is 0. The van der Waals surface area contributed by atoms with Gasteiger partial charge in [-0.15, -0.1) is 0 Å². The Kier molecular flexibility index (Phi) is 5.87. The SMILES string of the molecule is COC(=O)c1ccc(C2CCC(N(C)Cc3ccccc3)CC2)cc1. The lowest BCUT2D eigenvalue weighted by atomic mass is 9.81. The molecule has 132 valence electrons. The number of rotatable bonds is 5. The number of hydrogen-bond donors (Lipinski definition) is 0. The van der Waals surface area contributed by atoms with Gasteiger partial charge in [0.05, 0.1) is 12.7 Å². The first-order valence-electron chi connectivity index (χ1n) is 9.10. The minimum atomic E-state index is -0.266. The normalized spacial score (nSPS) is 20.4. The number of carbonyl (C=O) groups is 1. The number of nitrogens with zero attached hydrogens (tertiary/aromatic N) is 1. The molecule has 2 aromatic carbocycles. The van der Waals surface area contributed by atoms with Gasteiger partial charge < -0.3 is 4.74 Å². The Bertz CT molecular complexity index is 673. The highest BCUT2D eigenvalue weighted by molar-refractivity contribution is 5.89. The van der Waals surface area contributed by atoms with Gasteiger partial charge in [0.25, 0.3) is 0 Å². The molecule has 3 rings (SSSR count). The Labute approximate surface area is 150 Å². The van der Waals surface area contributed by atoms with Crippen LogP contribution in [0.4, 0.5) is 0 Å². The van der Waals surface area contributed by atoms with Crippen LogP contribution in [0.2, 0.25) is 0 Å². The molecule has 1 fully saturated rings. The summed E-state index contributed by atoms with van der Waals surface area (Å²) < 4.78 is 4.77. The van der Waals surface area contributed by atoms with Crippen LogP contribution in [0.3, 0.4) is 0 Å². The Hall–Kier alpha value is -2.13. The molecule has 0 heterocycles. The van der Waals surface area contributed by atoms with Gasteiger partial charge in [-0.05, 0) is 61.9 Å². The molecule has 0 aliphatic heterocycles. The lowest BCUT2D eigenvalue weighted by Gasteiger charge is -2.35. The van der Waals surface area contributed by atoms with E-state index in [1.165, 1.54) is 43.9 Å². The summed E-state index contributed by atoms with van der Waals surface area (Å²) in [6, 6.07) is 19.3.